The topological polar surface area (TPSA) is 73.0 Å². The zero-order valence-electron chi connectivity index (χ0n) is 10.6. The van der Waals surface area contributed by atoms with E-state index in [9.17, 15) is 10.1 Å². The van der Waals surface area contributed by atoms with Crippen LogP contribution in [0.3, 0.4) is 0 Å². The van der Waals surface area contributed by atoms with E-state index in [1.54, 1.807) is 30.3 Å². The standard InChI is InChI=1S/C10H18N4O2S/c1-7(17-4)5-6-11-9-10(14(15)16)12-8(2)13(9)3/h7,11H,5-6H2,1-4H3. The lowest BCUT2D eigenvalue weighted by Crippen LogP contribution is -2.11. The third-order valence-electron chi connectivity index (χ3n) is 2.72. The highest BCUT2D eigenvalue weighted by atomic mass is 32.2. The maximum Gasteiger partial charge on any atom is 0.406 e. The molecule has 0 saturated carbocycles. The van der Waals surface area contributed by atoms with Gasteiger partial charge in [0.1, 0.15) is 0 Å². The Kier molecular flexibility index (Phi) is 4.80. The van der Waals surface area contributed by atoms with Gasteiger partial charge in [0.05, 0.1) is 0 Å². The first-order valence-electron chi connectivity index (χ1n) is 5.41. The van der Waals surface area contributed by atoms with Crippen molar-refractivity contribution in [3.05, 3.63) is 15.9 Å². The molecule has 0 saturated heterocycles. The highest BCUT2D eigenvalue weighted by molar-refractivity contribution is 7.99. The van der Waals surface area contributed by atoms with Gasteiger partial charge in [-0.15, -0.1) is 0 Å². The third kappa shape index (κ3) is 3.36. The number of nitro groups is 1. The first kappa shape index (κ1) is 13.8. The smallest absolute Gasteiger partial charge is 0.364 e. The van der Waals surface area contributed by atoms with Crippen LogP contribution < -0.4 is 5.32 Å². The van der Waals surface area contributed by atoms with Crippen LogP contribution in [0.25, 0.3) is 0 Å². The van der Waals surface area contributed by atoms with Gasteiger partial charge in [-0.1, -0.05) is 6.92 Å². The zero-order chi connectivity index (χ0) is 13.0. The number of nitrogens with zero attached hydrogens (tertiary/aromatic N) is 3. The molecule has 17 heavy (non-hydrogen) atoms. The second kappa shape index (κ2) is 5.90. The minimum absolute atomic E-state index is 0.0956. The van der Waals surface area contributed by atoms with E-state index in [0.717, 1.165) is 6.42 Å². The van der Waals surface area contributed by atoms with Gasteiger partial charge in [0.15, 0.2) is 0 Å². The Balaban J connectivity index is 2.72. The molecule has 0 spiro atoms. The summed E-state index contributed by atoms with van der Waals surface area (Å²) in [5.41, 5.74) is 0. The fourth-order valence-corrected chi connectivity index (χ4v) is 1.78. The maximum absolute atomic E-state index is 10.8. The van der Waals surface area contributed by atoms with E-state index in [4.69, 9.17) is 0 Å². The highest BCUT2D eigenvalue weighted by Crippen LogP contribution is 2.23. The molecule has 0 aliphatic heterocycles. The Morgan fingerprint density at radius 1 is 1.65 bits per heavy atom. The third-order valence-corrected chi connectivity index (χ3v) is 3.76. The molecule has 1 unspecified atom stereocenters. The van der Waals surface area contributed by atoms with Gasteiger partial charge >= 0.3 is 5.82 Å². The first-order valence-corrected chi connectivity index (χ1v) is 6.70. The number of nitrogens with one attached hydrogen (secondary N) is 1. The van der Waals surface area contributed by atoms with Gasteiger partial charge in [-0.3, -0.25) is 4.57 Å². The Hall–Kier alpha value is -1.24. The van der Waals surface area contributed by atoms with Crippen LogP contribution in [0, 0.1) is 17.0 Å². The van der Waals surface area contributed by atoms with Crippen molar-refractivity contribution in [3.8, 4) is 0 Å². The molecule has 1 aromatic heterocycles. The fraction of sp³-hybridized carbons (Fsp3) is 0.700. The lowest BCUT2D eigenvalue weighted by Gasteiger charge is -2.10. The molecule has 7 heteroatoms. The predicted molar refractivity (Wildman–Crippen MR) is 70.7 cm³/mol. The number of thioether (sulfide) groups is 1. The van der Waals surface area contributed by atoms with E-state index in [2.05, 4.69) is 23.5 Å². The average Bonchev–Trinajstić information content (AvgIpc) is 2.57. The van der Waals surface area contributed by atoms with Crippen LogP contribution in [0.1, 0.15) is 19.2 Å². The number of imidazole rings is 1. The van der Waals surface area contributed by atoms with Gasteiger partial charge in [0, 0.05) is 25.8 Å². The monoisotopic (exact) mass is 258 g/mol. The summed E-state index contributed by atoms with van der Waals surface area (Å²) in [6.45, 7) is 4.60. The SMILES string of the molecule is CSC(C)CCNc1c([N+](=O)[O-])nc(C)n1C. The number of aromatic nitrogens is 2. The number of rotatable bonds is 6. The quantitative estimate of drug-likeness (QED) is 0.625. The van der Waals surface area contributed by atoms with Crippen molar-refractivity contribution in [2.24, 2.45) is 7.05 Å². The van der Waals surface area contributed by atoms with Gasteiger partial charge in [0.2, 0.25) is 11.6 Å². The largest absolute Gasteiger partial charge is 0.406 e. The molecule has 96 valence electrons. The number of hydrogen-bond donors (Lipinski definition) is 1. The van der Waals surface area contributed by atoms with Crippen LogP contribution in [0.5, 0.6) is 0 Å². The number of aryl methyl sites for hydroxylation is 1. The summed E-state index contributed by atoms with van der Waals surface area (Å²) < 4.78 is 1.71. The normalized spacial score (nSPS) is 12.5. The summed E-state index contributed by atoms with van der Waals surface area (Å²) in [5.74, 6) is 1.03. The summed E-state index contributed by atoms with van der Waals surface area (Å²) in [6.07, 6.45) is 3.02. The van der Waals surface area contributed by atoms with Crippen molar-refractivity contribution in [1.29, 1.82) is 0 Å². The summed E-state index contributed by atoms with van der Waals surface area (Å²) in [6, 6.07) is 0. The lowest BCUT2D eigenvalue weighted by atomic mass is 10.3. The van der Waals surface area contributed by atoms with Gasteiger partial charge in [-0.2, -0.15) is 11.8 Å². The second-order valence-electron chi connectivity index (χ2n) is 3.91. The van der Waals surface area contributed by atoms with Crippen LogP contribution in [-0.2, 0) is 7.05 Å². The molecular formula is C10H18N4O2S. The second-order valence-corrected chi connectivity index (χ2v) is 5.19. The highest BCUT2D eigenvalue weighted by Gasteiger charge is 2.22. The average molecular weight is 258 g/mol. The van der Waals surface area contributed by atoms with Gasteiger partial charge in [-0.25, -0.2) is 0 Å². The molecule has 0 amide bonds. The van der Waals surface area contributed by atoms with Crippen molar-refractivity contribution in [1.82, 2.24) is 9.55 Å². The summed E-state index contributed by atoms with van der Waals surface area (Å²) in [5, 5.41) is 14.5. The van der Waals surface area contributed by atoms with Crippen molar-refractivity contribution in [2.75, 3.05) is 18.1 Å². The van der Waals surface area contributed by atoms with Gasteiger partial charge in [0.25, 0.3) is 0 Å². The molecule has 0 radical (unpaired) electrons. The minimum Gasteiger partial charge on any atom is -0.364 e. The van der Waals surface area contributed by atoms with E-state index in [1.165, 1.54) is 0 Å². The van der Waals surface area contributed by atoms with Crippen molar-refractivity contribution in [3.63, 3.8) is 0 Å². The maximum atomic E-state index is 10.8. The van der Waals surface area contributed by atoms with Crippen LogP contribution in [-0.4, -0.2) is 32.5 Å². The van der Waals surface area contributed by atoms with E-state index < -0.39 is 4.92 Å². The molecule has 1 heterocycles. The number of anilines is 1. The molecule has 1 N–H and O–H groups in total. The van der Waals surface area contributed by atoms with E-state index in [0.29, 0.717) is 23.4 Å². The molecular weight excluding hydrogens is 240 g/mol. The minimum atomic E-state index is -0.451. The van der Waals surface area contributed by atoms with Crippen molar-refractivity contribution in [2.45, 2.75) is 25.5 Å². The summed E-state index contributed by atoms with van der Waals surface area (Å²) in [7, 11) is 1.77. The van der Waals surface area contributed by atoms with E-state index >= 15 is 0 Å². The van der Waals surface area contributed by atoms with Crippen LogP contribution in [0.4, 0.5) is 11.6 Å². The van der Waals surface area contributed by atoms with Crippen LogP contribution in [0.2, 0.25) is 0 Å². The molecule has 1 rings (SSSR count). The van der Waals surface area contributed by atoms with Gasteiger partial charge < -0.3 is 15.4 Å². The molecule has 0 bridgehead atoms. The van der Waals surface area contributed by atoms with Crippen molar-refractivity contribution >= 4 is 23.4 Å². The molecule has 0 aliphatic carbocycles. The Morgan fingerprint density at radius 2 is 2.29 bits per heavy atom. The predicted octanol–water partition coefficient (Wildman–Crippen LogP) is 2.19. The Labute approximate surface area is 105 Å². The molecule has 1 atom stereocenters. The Morgan fingerprint density at radius 3 is 2.82 bits per heavy atom. The Bertz CT molecular complexity index is 405. The molecule has 0 aliphatic rings. The van der Waals surface area contributed by atoms with Crippen LogP contribution in [0.15, 0.2) is 0 Å². The molecule has 0 fully saturated rings. The lowest BCUT2D eigenvalue weighted by molar-refractivity contribution is -0.388. The van der Waals surface area contributed by atoms with Crippen LogP contribution >= 0.6 is 11.8 Å². The fourth-order valence-electron chi connectivity index (χ4n) is 1.43. The van der Waals surface area contributed by atoms with Gasteiger partial charge in [-0.05, 0) is 22.6 Å². The van der Waals surface area contributed by atoms with Crippen molar-refractivity contribution < 1.29 is 4.92 Å². The first-order chi connectivity index (χ1) is 7.97. The van der Waals surface area contributed by atoms with E-state index in [1.807, 2.05) is 0 Å². The molecule has 6 nitrogen and oxygen atoms in total. The zero-order valence-corrected chi connectivity index (χ0v) is 11.4. The summed E-state index contributed by atoms with van der Waals surface area (Å²) in [4.78, 5) is 14.3. The number of hydrogen-bond acceptors (Lipinski definition) is 5. The molecule has 0 aromatic carbocycles. The molecule has 1 aromatic rings. The van der Waals surface area contributed by atoms with E-state index in [-0.39, 0.29) is 5.82 Å². The summed E-state index contributed by atoms with van der Waals surface area (Å²) >= 11 is 1.78.